The Labute approximate surface area is 220 Å². The maximum absolute atomic E-state index is 15.0. The highest BCUT2D eigenvalue weighted by molar-refractivity contribution is 6.45. The monoisotopic (exact) mass is 518 g/mol. The van der Waals surface area contributed by atoms with E-state index in [9.17, 15) is 18.8 Å². The van der Waals surface area contributed by atoms with Crippen molar-refractivity contribution in [2.45, 2.75) is 122 Å². The fourth-order valence-corrected chi connectivity index (χ4v) is 8.80. The summed E-state index contributed by atoms with van der Waals surface area (Å²) in [5.41, 5.74) is -1.74. The minimum absolute atomic E-state index is 0.112. The lowest BCUT2D eigenvalue weighted by Gasteiger charge is -2.64. The zero-order valence-electron chi connectivity index (χ0n) is 23.5. The Hall–Kier alpha value is -1.48. The van der Waals surface area contributed by atoms with E-state index in [1.54, 1.807) is 0 Å². The molecular weight excluding hydrogens is 474 g/mol. The van der Waals surface area contributed by atoms with Gasteiger partial charge in [-0.15, -0.1) is 0 Å². The third-order valence-corrected chi connectivity index (χ3v) is 10.6. The predicted molar refractivity (Wildman–Crippen MR) is 138 cm³/mol. The number of carbonyl (C=O) groups excluding carboxylic acids is 3. The Kier molecular flexibility index (Phi) is 6.42. The summed E-state index contributed by atoms with van der Waals surface area (Å²) in [4.78, 5) is 38.4. The van der Waals surface area contributed by atoms with Crippen LogP contribution in [0.3, 0.4) is 0 Å². The lowest BCUT2D eigenvalue weighted by molar-refractivity contribution is -0.199. The number of rotatable bonds is 6. The van der Waals surface area contributed by atoms with Gasteiger partial charge >= 0.3 is 7.12 Å². The molecule has 1 heterocycles. The molecular formula is C28H44BFN2O5. The molecule has 1 saturated heterocycles. The van der Waals surface area contributed by atoms with Crippen LogP contribution in [0.25, 0.3) is 0 Å². The first-order valence-corrected chi connectivity index (χ1v) is 14.2. The normalized spacial score (nSPS) is 43.7. The molecule has 7 nitrogen and oxygen atoms in total. The van der Waals surface area contributed by atoms with Crippen LogP contribution in [0.4, 0.5) is 4.39 Å². The number of halogens is 1. The van der Waals surface area contributed by atoms with Crippen LogP contribution in [0.15, 0.2) is 0 Å². The smallest absolute Gasteiger partial charge is 0.405 e. The van der Waals surface area contributed by atoms with E-state index in [1.807, 2.05) is 20.8 Å². The number of hydrogen-bond acceptors (Lipinski definition) is 5. The van der Waals surface area contributed by atoms with Gasteiger partial charge in [-0.2, -0.15) is 0 Å². The molecule has 9 atom stereocenters. The summed E-state index contributed by atoms with van der Waals surface area (Å²) in [6.45, 7) is 13.9. The van der Waals surface area contributed by atoms with E-state index >= 15 is 0 Å². The van der Waals surface area contributed by atoms with Crippen LogP contribution in [-0.4, -0.2) is 53.7 Å². The Morgan fingerprint density at radius 1 is 1.16 bits per heavy atom. The third kappa shape index (κ3) is 4.27. The first kappa shape index (κ1) is 27.1. The second kappa shape index (κ2) is 8.77. The van der Waals surface area contributed by atoms with E-state index in [0.717, 1.165) is 6.42 Å². The summed E-state index contributed by atoms with van der Waals surface area (Å²) in [5, 5.41) is 5.98. The van der Waals surface area contributed by atoms with Crippen LogP contribution in [0.1, 0.15) is 87.0 Å². The molecule has 5 saturated carbocycles. The van der Waals surface area contributed by atoms with Crippen molar-refractivity contribution in [2.24, 2.45) is 35.0 Å². The van der Waals surface area contributed by atoms with Crippen molar-refractivity contribution in [1.82, 2.24) is 10.6 Å². The summed E-state index contributed by atoms with van der Waals surface area (Å²) in [5.74, 6) is -0.970. The highest BCUT2D eigenvalue weighted by Crippen LogP contribution is 2.66. The molecule has 206 valence electrons. The molecule has 5 aliphatic carbocycles. The molecule has 6 fully saturated rings. The van der Waals surface area contributed by atoms with Crippen LogP contribution >= 0.6 is 0 Å². The highest BCUT2D eigenvalue weighted by atomic mass is 19.1. The summed E-state index contributed by atoms with van der Waals surface area (Å²) in [6.07, 6.45) is 2.98. The van der Waals surface area contributed by atoms with Crippen LogP contribution in [0, 0.1) is 35.0 Å². The van der Waals surface area contributed by atoms with Gasteiger partial charge in [-0.1, -0.05) is 20.3 Å². The number of hydrogen-bond donors (Lipinski definition) is 2. The van der Waals surface area contributed by atoms with Gasteiger partial charge in [-0.3, -0.25) is 14.4 Å². The first-order valence-electron chi connectivity index (χ1n) is 14.2. The maximum Gasteiger partial charge on any atom is 0.457 e. The molecule has 6 rings (SSSR count). The Morgan fingerprint density at radius 3 is 2.49 bits per heavy atom. The second-order valence-corrected chi connectivity index (χ2v) is 14.4. The zero-order valence-corrected chi connectivity index (χ0v) is 23.5. The minimum Gasteiger partial charge on any atom is -0.405 e. The van der Waals surface area contributed by atoms with Gasteiger partial charge in [-0.05, 0) is 88.8 Å². The molecule has 2 amide bonds. The van der Waals surface area contributed by atoms with Crippen LogP contribution < -0.4 is 10.6 Å². The molecule has 0 aromatic carbocycles. The molecule has 37 heavy (non-hydrogen) atoms. The van der Waals surface area contributed by atoms with Crippen molar-refractivity contribution in [1.29, 1.82) is 0 Å². The topological polar surface area (TPSA) is 93.7 Å². The Bertz CT molecular complexity index is 984. The Balaban J connectivity index is 1.32. The maximum atomic E-state index is 15.0. The van der Waals surface area contributed by atoms with E-state index in [0.29, 0.717) is 31.0 Å². The standard InChI is InChI=1S/C28H44BFN2O5/c1-15(33)31-28(24(35)32-25(2,3)4)14-18-17(13-20(34)23(18)30)19(28)9-8-10-29-36-22-12-16-11-21(26(16,5)6)27(22,7)37-29/h16-19,21-23H,8-14H2,1-7H3,(H,31,33)(H,32,35)/t16-,17+,18+,19-,21-,22+,23-,27-,28-/m0/s1. The lowest BCUT2D eigenvalue weighted by atomic mass is 9.43. The molecule has 0 unspecified atom stereocenters. The number of ketones is 1. The molecule has 2 N–H and O–H groups in total. The quantitative estimate of drug-likeness (QED) is 0.521. The van der Waals surface area contributed by atoms with Gasteiger partial charge in [0.1, 0.15) is 5.54 Å². The molecule has 0 spiro atoms. The van der Waals surface area contributed by atoms with Crippen molar-refractivity contribution in [3.8, 4) is 0 Å². The molecule has 6 aliphatic rings. The van der Waals surface area contributed by atoms with Crippen LogP contribution in [0.5, 0.6) is 0 Å². The van der Waals surface area contributed by atoms with E-state index < -0.39 is 23.2 Å². The SMILES string of the molecule is CC(=O)N[C@@]1(C(=O)NC(C)(C)C)C[C@@H]2[C@@H](CC(=O)[C@H]2F)[C@@H]1CCCB1O[C@@H]2C[C@@H]3C[C@@H](C3(C)C)[C@]2(C)O1. The van der Waals surface area contributed by atoms with Gasteiger partial charge in [-0.25, -0.2) is 4.39 Å². The van der Waals surface area contributed by atoms with E-state index in [4.69, 9.17) is 9.31 Å². The van der Waals surface area contributed by atoms with Crippen molar-refractivity contribution in [3.05, 3.63) is 0 Å². The summed E-state index contributed by atoms with van der Waals surface area (Å²) in [7, 11) is -0.306. The van der Waals surface area contributed by atoms with Gasteiger partial charge in [0, 0.05) is 24.8 Å². The molecule has 2 bridgehead atoms. The lowest BCUT2D eigenvalue weighted by Crippen LogP contribution is -2.65. The Morgan fingerprint density at radius 2 is 1.86 bits per heavy atom. The van der Waals surface area contributed by atoms with E-state index in [-0.39, 0.29) is 66.5 Å². The molecule has 1 aliphatic heterocycles. The largest absolute Gasteiger partial charge is 0.457 e. The third-order valence-electron chi connectivity index (χ3n) is 10.6. The fraction of sp³-hybridized carbons (Fsp3) is 0.893. The average Bonchev–Trinajstić information content (AvgIpc) is 3.35. The zero-order chi connectivity index (χ0) is 27.1. The van der Waals surface area contributed by atoms with Gasteiger partial charge in [0.15, 0.2) is 12.0 Å². The van der Waals surface area contributed by atoms with E-state index in [2.05, 4.69) is 31.4 Å². The summed E-state index contributed by atoms with van der Waals surface area (Å²) < 4.78 is 27.9. The second-order valence-electron chi connectivity index (χ2n) is 14.4. The van der Waals surface area contributed by atoms with Gasteiger partial charge < -0.3 is 19.9 Å². The molecule has 9 heteroatoms. The van der Waals surface area contributed by atoms with Gasteiger partial charge in [0.05, 0.1) is 11.7 Å². The number of amides is 2. The number of fused-ring (bicyclic) bond motifs is 1. The fourth-order valence-electron chi connectivity index (χ4n) is 8.80. The summed E-state index contributed by atoms with van der Waals surface area (Å²) >= 11 is 0. The van der Waals surface area contributed by atoms with E-state index in [1.165, 1.54) is 13.3 Å². The molecule has 0 aromatic heterocycles. The average molecular weight is 518 g/mol. The minimum atomic E-state index is -1.58. The van der Waals surface area contributed by atoms with Gasteiger partial charge in [0.2, 0.25) is 11.8 Å². The molecule has 0 radical (unpaired) electrons. The summed E-state index contributed by atoms with van der Waals surface area (Å²) in [6, 6.07) is 0. The van der Waals surface area contributed by atoms with Crippen molar-refractivity contribution < 1.29 is 28.1 Å². The van der Waals surface area contributed by atoms with Gasteiger partial charge in [0.25, 0.3) is 0 Å². The predicted octanol–water partition coefficient (Wildman–Crippen LogP) is 3.85. The number of alkyl halides is 1. The van der Waals surface area contributed by atoms with Crippen molar-refractivity contribution in [2.75, 3.05) is 0 Å². The van der Waals surface area contributed by atoms with Crippen LogP contribution in [-0.2, 0) is 23.7 Å². The number of nitrogens with one attached hydrogen (secondary N) is 2. The highest BCUT2D eigenvalue weighted by Gasteiger charge is 2.68. The van der Waals surface area contributed by atoms with Crippen molar-refractivity contribution in [3.63, 3.8) is 0 Å². The molecule has 0 aromatic rings. The first-order chi connectivity index (χ1) is 17.1. The number of Topliss-reactive ketones (excluding diaryl/α,β-unsaturated/α-hetero) is 1. The number of carbonyl (C=O) groups is 3. The van der Waals surface area contributed by atoms with Crippen molar-refractivity contribution >= 4 is 24.7 Å². The van der Waals surface area contributed by atoms with Crippen LogP contribution in [0.2, 0.25) is 6.32 Å².